The zero-order chi connectivity index (χ0) is 30.4. The van der Waals surface area contributed by atoms with E-state index in [1.165, 1.54) is 13.3 Å². The summed E-state index contributed by atoms with van der Waals surface area (Å²) in [5.41, 5.74) is 2.55. The van der Waals surface area contributed by atoms with Gasteiger partial charge in [-0.2, -0.15) is 4.98 Å². The predicted octanol–water partition coefficient (Wildman–Crippen LogP) is 7.41. The van der Waals surface area contributed by atoms with Gasteiger partial charge in [0.2, 0.25) is 5.88 Å². The second-order valence-electron chi connectivity index (χ2n) is 9.05. The Kier molecular flexibility index (Phi) is 13.4. The van der Waals surface area contributed by atoms with Gasteiger partial charge in [-0.3, -0.25) is 4.79 Å². The smallest absolute Gasteiger partial charge is 0.344 e. The molecule has 0 saturated heterocycles. The number of nitrogens with zero attached hydrogens (tertiary/aromatic N) is 2. The van der Waals surface area contributed by atoms with Crippen LogP contribution in [0.25, 0.3) is 11.0 Å². The van der Waals surface area contributed by atoms with Crippen LogP contribution in [0.3, 0.4) is 0 Å². The Morgan fingerprint density at radius 3 is 2.27 bits per heavy atom. The molecule has 8 nitrogen and oxygen atoms in total. The topological polar surface area (TPSA) is 99.9 Å². The lowest BCUT2D eigenvalue weighted by molar-refractivity contribution is -0.144. The van der Waals surface area contributed by atoms with Crippen LogP contribution in [0, 0.1) is 0 Å². The minimum absolute atomic E-state index is 0.127. The van der Waals surface area contributed by atoms with Crippen LogP contribution in [0.2, 0.25) is 0 Å². The Bertz CT molecular complexity index is 1390. The molecule has 41 heavy (non-hydrogen) atoms. The molecular weight excluding hydrogens is 520 g/mol. The third-order valence-electron chi connectivity index (χ3n) is 5.66. The molecule has 0 aliphatic rings. The number of rotatable bonds is 11. The highest BCUT2D eigenvalue weighted by Crippen LogP contribution is 2.27. The number of aliphatic carboxylic acids is 1. The molecule has 220 valence electrons. The van der Waals surface area contributed by atoms with Gasteiger partial charge in [0.1, 0.15) is 17.1 Å². The van der Waals surface area contributed by atoms with Crippen molar-refractivity contribution < 1.29 is 28.9 Å². The number of carboxylic acids is 1. The van der Waals surface area contributed by atoms with Gasteiger partial charge < -0.3 is 23.9 Å². The lowest BCUT2D eigenvalue weighted by Gasteiger charge is -2.12. The molecule has 1 atom stereocenters. The first-order valence-electron chi connectivity index (χ1n) is 14.1. The Morgan fingerprint density at radius 2 is 1.66 bits per heavy atom. The molecule has 0 amide bonds. The molecule has 0 bridgehead atoms. The average Bonchev–Trinajstić information content (AvgIpc) is 3.34. The van der Waals surface area contributed by atoms with Gasteiger partial charge in [-0.15, -0.1) is 0 Å². The number of pyridine rings is 1. The Morgan fingerprint density at radius 1 is 0.976 bits per heavy atom. The van der Waals surface area contributed by atoms with Crippen molar-refractivity contribution in [3.8, 4) is 17.4 Å². The van der Waals surface area contributed by atoms with E-state index in [9.17, 15) is 9.59 Å². The van der Waals surface area contributed by atoms with Crippen LogP contribution in [0.15, 0.2) is 66.9 Å². The van der Waals surface area contributed by atoms with Crippen molar-refractivity contribution >= 4 is 22.8 Å². The Balaban J connectivity index is 0.00000110. The van der Waals surface area contributed by atoms with Gasteiger partial charge in [-0.25, -0.2) is 4.79 Å². The summed E-state index contributed by atoms with van der Waals surface area (Å²) in [5.74, 6) is 0.445. The maximum absolute atomic E-state index is 13.4. The van der Waals surface area contributed by atoms with E-state index in [1.807, 2.05) is 37.5 Å². The minimum atomic E-state index is -1.04. The fourth-order valence-electron chi connectivity index (χ4n) is 3.80. The normalized spacial score (nSPS) is 10.9. The molecule has 0 radical (unpaired) electrons. The van der Waals surface area contributed by atoms with Crippen molar-refractivity contribution in [1.29, 1.82) is 0 Å². The summed E-state index contributed by atoms with van der Waals surface area (Å²) in [6.45, 7) is 12.7. The molecule has 4 aromatic rings. The van der Waals surface area contributed by atoms with Crippen molar-refractivity contribution in [3.63, 3.8) is 0 Å². The number of ether oxygens (including phenoxy) is 3. The van der Waals surface area contributed by atoms with E-state index >= 15 is 0 Å². The van der Waals surface area contributed by atoms with E-state index in [2.05, 4.69) is 18.8 Å². The third kappa shape index (κ3) is 9.10. The molecule has 0 spiro atoms. The van der Waals surface area contributed by atoms with Crippen LogP contribution in [-0.4, -0.2) is 46.2 Å². The fourth-order valence-corrected chi connectivity index (χ4v) is 3.80. The number of methoxy groups -OCH3 is 1. The van der Waals surface area contributed by atoms with Gasteiger partial charge in [0.25, 0.3) is 0 Å². The summed E-state index contributed by atoms with van der Waals surface area (Å²) in [7, 11) is 1.58. The quantitative estimate of drug-likeness (QED) is 0.190. The first-order chi connectivity index (χ1) is 19.8. The van der Waals surface area contributed by atoms with Crippen LogP contribution < -0.4 is 14.2 Å². The summed E-state index contributed by atoms with van der Waals surface area (Å²) in [6.07, 6.45) is 2.92. The molecule has 2 aromatic carbocycles. The van der Waals surface area contributed by atoms with Crippen LogP contribution in [-0.2, 0) is 11.3 Å². The first kappa shape index (κ1) is 32.9. The lowest BCUT2D eigenvalue weighted by Crippen LogP contribution is -2.22. The van der Waals surface area contributed by atoms with Crippen molar-refractivity contribution in [2.24, 2.45) is 0 Å². The van der Waals surface area contributed by atoms with Crippen molar-refractivity contribution in [3.05, 3.63) is 83.6 Å². The van der Waals surface area contributed by atoms with E-state index < -0.39 is 12.1 Å². The van der Waals surface area contributed by atoms with Gasteiger partial charge in [-0.1, -0.05) is 53.2 Å². The molecule has 0 aliphatic carbocycles. The standard InChI is InChI=1S/C28H28N2O6.C3H8.C2H6/c1-4-14-35-25-13-12-23-24(26(31)20-8-10-21(34-3)11-9-20)17-30(27(23)29-25)16-19-6-5-7-22(15-19)36-18(2)28(32)33;1-3-2;1-2/h5-13,15,17-18H,4,14,16H2,1-3H3,(H,32,33);3H2,1-2H3;1-2H3. The van der Waals surface area contributed by atoms with Gasteiger partial charge in [0.05, 0.1) is 13.7 Å². The van der Waals surface area contributed by atoms with Gasteiger partial charge >= 0.3 is 5.97 Å². The van der Waals surface area contributed by atoms with E-state index in [0.29, 0.717) is 52.7 Å². The second-order valence-corrected chi connectivity index (χ2v) is 9.05. The zero-order valence-electron chi connectivity index (χ0n) is 25.1. The van der Waals surface area contributed by atoms with Crippen LogP contribution in [0.1, 0.15) is 75.9 Å². The molecule has 2 heterocycles. The van der Waals surface area contributed by atoms with Crippen molar-refractivity contribution in [2.45, 2.75) is 67.0 Å². The monoisotopic (exact) mass is 562 g/mol. The number of hydrogen-bond donors (Lipinski definition) is 1. The molecule has 4 rings (SSSR count). The van der Waals surface area contributed by atoms with Crippen LogP contribution in [0.4, 0.5) is 0 Å². The number of carboxylic acid groups (broad SMARTS) is 1. The van der Waals surface area contributed by atoms with Crippen LogP contribution >= 0.6 is 0 Å². The third-order valence-corrected chi connectivity index (χ3v) is 5.66. The average molecular weight is 563 g/mol. The number of carbonyl (C=O) groups is 2. The molecule has 0 fully saturated rings. The first-order valence-corrected chi connectivity index (χ1v) is 14.1. The number of hydrogen-bond acceptors (Lipinski definition) is 6. The van der Waals surface area contributed by atoms with E-state index in [0.717, 1.165) is 12.0 Å². The summed E-state index contributed by atoms with van der Waals surface area (Å²) < 4.78 is 18.3. The highest BCUT2D eigenvalue weighted by molar-refractivity contribution is 6.16. The molecule has 1 N–H and O–H groups in total. The lowest BCUT2D eigenvalue weighted by atomic mass is 10.0. The molecule has 0 saturated carbocycles. The maximum Gasteiger partial charge on any atom is 0.344 e. The summed E-state index contributed by atoms with van der Waals surface area (Å²) >= 11 is 0. The summed E-state index contributed by atoms with van der Waals surface area (Å²) in [4.78, 5) is 29.3. The highest BCUT2D eigenvalue weighted by Gasteiger charge is 2.19. The predicted molar refractivity (Wildman–Crippen MR) is 163 cm³/mol. The summed E-state index contributed by atoms with van der Waals surface area (Å²) in [6, 6.07) is 17.8. The van der Waals surface area contributed by atoms with E-state index in [4.69, 9.17) is 19.3 Å². The highest BCUT2D eigenvalue weighted by atomic mass is 16.5. The van der Waals surface area contributed by atoms with E-state index in [-0.39, 0.29) is 5.78 Å². The molecule has 1 unspecified atom stereocenters. The Hall–Kier alpha value is -4.33. The number of aromatic nitrogens is 2. The number of ketones is 1. The Labute approximate surface area is 242 Å². The van der Waals surface area contributed by atoms with Gasteiger partial charge in [-0.05, 0) is 61.4 Å². The molecule has 0 aliphatic heterocycles. The van der Waals surface area contributed by atoms with E-state index in [1.54, 1.807) is 61.8 Å². The SMILES string of the molecule is CC.CCC.CCCOc1ccc2c(C(=O)c3ccc(OC)cc3)cn(Cc3cccc(OC(C)C(=O)O)c3)c2n1. The number of carbonyl (C=O) groups excluding carboxylic acids is 1. The largest absolute Gasteiger partial charge is 0.497 e. The molecule has 2 aromatic heterocycles. The fraction of sp³-hybridized carbons (Fsp3) is 0.364. The van der Waals surface area contributed by atoms with Crippen molar-refractivity contribution in [1.82, 2.24) is 9.55 Å². The zero-order valence-corrected chi connectivity index (χ0v) is 25.1. The van der Waals surface area contributed by atoms with Gasteiger partial charge in [0, 0.05) is 35.3 Å². The molecule has 8 heteroatoms. The van der Waals surface area contributed by atoms with Gasteiger partial charge in [0.15, 0.2) is 11.9 Å². The minimum Gasteiger partial charge on any atom is -0.497 e. The molecular formula is C33H42N2O6. The van der Waals surface area contributed by atoms with Crippen molar-refractivity contribution in [2.75, 3.05) is 13.7 Å². The van der Waals surface area contributed by atoms with Crippen LogP contribution in [0.5, 0.6) is 17.4 Å². The number of fused-ring (bicyclic) bond motifs is 1. The maximum atomic E-state index is 13.4. The summed E-state index contributed by atoms with van der Waals surface area (Å²) in [5, 5.41) is 9.86. The number of benzene rings is 2. The second kappa shape index (κ2) is 16.7.